The van der Waals surface area contributed by atoms with Crippen LogP contribution in [0.25, 0.3) is 11.5 Å². The Morgan fingerprint density at radius 3 is 2.73 bits per heavy atom. The van der Waals surface area contributed by atoms with Crippen molar-refractivity contribution in [3.63, 3.8) is 0 Å². The first kappa shape index (κ1) is 17.5. The molecule has 0 saturated heterocycles. The van der Waals surface area contributed by atoms with E-state index in [0.29, 0.717) is 17.3 Å². The molecule has 3 aromatic heterocycles. The van der Waals surface area contributed by atoms with Crippen molar-refractivity contribution < 1.29 is 13.9 Å². The van der Waals surface area contributed by atoms with Crippen molar-refractivity contribution in [1.29, 1.82) is 0 Å². The number of aromatic nitrogens is 2. The molecule has 3 rings (SSSR count). The molecule has 0 spiro atoms. The predicted molar refractivity (Wildman–Crippen MR) is 95.9 cm³/mol. The Bertz CT molecular complexity index is 928. The number of carbonyl (C=O) groups excluding carboxylic acids is 1. The van der Waals surface area contributed by atoms with E-state index in [4.69, 9.17) is 9.15 Å². The largest absolute Gasteiger partial charge is 0.475 e. The summed E-state index contributed by atoms with van der Waals surface area (Å²) in [5.74, 6) is 0.601. The predicted octanol–water partition coefficient (Wildman–Crippen LogP) is 2.75. The van der Waals surface area contributed by atoms with Crippen molar-refractivity contribution in [3.8, 4) is 17.3 Å². The number of H-pyrrole nitrogens is 1. The maximum Gasteiger partial charge on any atom is 0.261 e. The van der Waals surface area contributed by atoms with Gasteiger partial charge in [0, 0.05) is 18.8 Å². The van der Waals surface area contributed by atoms with Crippen LogP contribution in [-0.2, 0) is 6.54 Å². The average Bonchev–Trinajstić information content (AvgIpc) is 3.15. The molecule has 1 amide bonds. The number of nitrogens with one attached hydrogen (secondary N) is 2. The van der Waals surface area contributed by atoms with E-state index in [-0.39, 0.29) is 18.2 Å². The van der Waals surface area contributed by atoms with Crippen LogP contribution in [0.4, 0.5) is 0 Å². The highest BCUT2D eigenvalue weighted by Crippen LogP contribution is 2.15. The summed E-state index contributed by atoms with van der Waals surface area (Å²) in [7, 11) is 0. The summed E-state index contributed by atoms with van der Waals surface area (Å²) in [6.45, 7) is 4.10. The van der Waals surface area contributed by atoms with Gasteiger partial charge in [-0.2, -0.15) is 0 Å². The zero-order valence-electron chi connectivity index (χ0n) is 14.5. The second-order valence-corrected chi connectivity index (χ2v) is 5.95. The number of amides is 1. The van der Waals surface area contributed by atoms with Crippen molar-refractivity contribution in [2.24, 2.45) is 0 Å². The normalized spacial score (nSPS) is 10.7. The number of nitrogens with zero attached hydrogens (tertiary/aromatic N) is 1. The summed E-state index contributed by atoms with van der Waals surface area (Å²) < 4.78 is 10.7. The first-order valence-electron chi connectivity index (χ1n) is 8.20. The van der Waals surface area contributed by atoms with Gasteiger partial charge in [0.05, 0.1) is 18.1 Å². The molecule has 0 fully saturated rings. The van der Waals surface area contributed by atoms with Crippen LogP contribution < -0.4 is 15.6 Å². The standard InChI is InChI=1S/C19H19N3O4/c1-12(2)26-17-8-5-13(10-20-17)11-21-18(23)14-6-7-15(22-19(14)24)16-4-3-9-25-16/h3-10,12H,11H2,1-2H3,(H,21,23)(H,22,24). The summed E-state index contributed by atoms with van der Waals surface area (Å²) in [6.07, 6.45) is 3.19. The Hall–Kier alpha value is -3.35. The lowest BCUT2D eigenvalue weighted by Gasteiger charge is -2.09. The Morgan fingerprint density at radius 2 is 2.12 bits per heavy atom. The summed E-state index contributed by atoms with van der Waals surface area (Å²) in [5, 5.41) is 2.71. The van der Waals surface area contributed by atoms with Crippen molar-refractivity contribution in [1.82, 2.24) is 15.3 Å². The topological polar surface area (TPSA) is 97.2 Å². The quantitative estimate of drug-likeness (QED) is 0.710. The summed E-state index contributed by atoms with van der Waals surface area (Å²) in [6, 6.07) is 10.1. The van der Waals surface area contributed by atoms with E-state index < -0.39 is 11.5 Å². The number of rotatable bonds is 6. The first-order chi connectivity index (χ1) is 12.5. The molecule has 2 N–H and O–H groups in total. The molecule has 0 radical (unpaired) electrons. The van der Waals surface area contributed by atoms with Gasteiger partial charge < -0.3 is 19.5 Å². The van der Waals surface area contributed by atoms with Crippen LogP contribution in [0, 0.1) is 0 Å². The van der Waals surface area contributed by atoms with Crippen LogP contribution in [0.5, 0.6) is 5.88 Å². The van der Waals surface area contributed by atoms with Gasteiger partial charge >= 0.3 is 0 Å². The number of hydrogen-bond acceptors (Lipinski definition) is 5. The summed E-state index contributed by atoms with van der Waals surface area (Å²) >= 11 is 0. The van der Waals surface area contributed by atoms with E-state index in [9.17, 15) is 9.59 Å². The fraction of sp³-hybridized carbons (Fsp3) is 0.211. The minimum Gasteiger partial charge on any atom is -0.475 e. The van der Waals surface area contributed by atoms with Gasteiger partial charge in [-0.1, -0.05) is 6.07 Å². The van der Waals surface area contributed by atoms with Gasteiger partial charge in [-0.3, -0.25) is 9.59 Å². The minimum absolute atomic E-state index is 0.0352. The van der Waals surface area contributed by atoms with Crippen molar-refractivity contribution in [3.05, 3.63) is 70.3 Å². The molecule has 0 aliphatic heterocycles. The van der Waals surface area contributed by atoms with E-state index >= 15 is 0 Å². The smallest absolute Gasteiger partial charge is 0.261 e. The Morgan fingerprint density at radius 1 is 1.27 bits per heavy atom. The number of aromatic amines is 1. The van der Waals surface area contributed by atoms with Crippen molar-refractivity contribution in [2.75, 3.05) is 0 Å². The molecule has 7 heteroatoms. The van der Waals surface area contributed by atoms with Crippen LogP contribution in [0.2, 0.25) is 0 Å². The number of hydrogen-bond donors (Lipinski definition) is 2. The molecule has 0 aliphatic carbocycles. The molecule has 7 nitrogen and oxygen atoms in total. The molecule has 0 saturated carbocycles. The third-order valence-corrected chi connectivity index (χ3v) is 3.55. The van der Waals surface area contributed by atoms with Gasteiger partial charge in [-0.05, 0) is 43.7 Å². The number of carbonyl (C=O) groups is 1. The van der Waals surface area contributed by atoms with E-state index in [0.717, 1.165) is 5.56 Å². The average molecular weight is 353 g/mol. The molecule has 0 aromatic carbocycles. The van der Waals surface area contributed by atoms with Gasteiger partial charge in [0.2, 0.25) is 5.88 Å². The molecule has 0 aliphatic rings. The van der Waals surface area contributed by atoms with Crippen molar-refractivity contribution in [2.45, 2.75) is 26.5 Å². The summed E-state index contributed by atoms with van der Waals surface area (Å²) in [4.78, 5) is 31.2. The lowest BCUT2D eigenvalue weighted by Crippen LogP contribution is -2.29. The SMILES string of the molecule is CC(C)Oc1ccc(CNC(=O)c2ccc(-c3ccco3)[nH]c2=O)cn1. The van der Waals surface area contributed by atoms with Crippen LogP contribution in [0.1, 0.15) is 29.8 Å². The minimum atomic E-state index is -0.477. The Kier molecular flexibility index (Phi) is 5.17. The second-order valence-electron chi connectivity index (χ2n) is 5.95. The number of pyridine rings is 2. The molecule has 0 atom stereocenters. The summed E-state index contributed by atoms with van der Waals surface area (Å²) in [5.41, 5.74) is 0.878. The zero-order valence-corrected chi connectivity index (χ0v) is 14.5. The molecular weight excluding hydrogens is 334 g/mol. The molecule has 26 heavy (non-hydrogen) atoms. The van der Waals surface area contributed by atoms with E-state index in [1.807, 2.05) is 19.9 Å². The first-order valence-corrected chi connectivity index (χ1v) is 8.20. The lowest BCUT2D eigenvalue weighted by atomic mass is 10.2. The van der Waals surface area contributed by atoms with Gasteiger partial charge in [0.15, 0.2) is 0 Å². The fourth-order valence-electron chi connectivity index (χ4n) is 2.33. The molecular formula is C19H19N3O4. The van der Waals surface area contributed by atoms with Crippen LogP contribution in [0.15, 0.2) is 58.1 Å². The highest BCUT2D eigenvalue weighted by atomic mass is 16.5. The molecule has 0 unspecified atom stereocenters. The molecule has 134 valence electrons. The van der Waals surface area contributed by atoms with Crippen LogP contribution in [0.3, 0.4) is 0 Å². The molecule has 3 heterocycles. The monoisotopic (exact) mass is 353 g/mol. The Labute approximate surface area is 150 Å². The van der Waals surface area contributed by atoms with Crippen LogP contribution >= 0.6 is 0 Å². The number of ether oxygens (including phenoxy) is 1. The van der Waals surface area contributed by atoms with E-state index in [2.05, 4.69) is 15.3 Å². The molecule has 3 aromatic rings. The fourth-order valence-corrected chi connectivity index (χ4v) is 2.33. The molecule has 0 bridgehead atoms. The van der Waals surface area contributed by atoms with Gasteiger partial charge in [-0.15, -0.1) is 0 Å². The third-order valence-electron chi connectivity index (χ3n) is 3.55. The van der Waals surface area contributed by atoms with E-state index in [1.54, 1.807) is 30.5 Å². The highest BCUT2D eigenvalue weighted by Gasteiger charge is 2.12. The van der Waals surface area contributed by atoms with Gasteiger partial charge in [0.25, 0.3) is 11.5 Å². The van der Waals surface area contributed by atoms with Gasteiger partial charge in [0.1, 0.15) is 11.3 Å². The third kappa shape index (κ3) is 4.18. The van der Waals surface area contributed by atoms with Crippen LogP contribution in [-0.4, -0.2) is 22.0 Å². The highest BCUT2D eigenvalue weighted by molar-refractivity contribution is 5.93. The van der Waals surface area contributed by atoms with Crippen molar-refractivity contribution >= 4 is 5.91 Å². The Balaban J connectivity index is 1.64. The maximum atomic E-state index is 12.2. The van der Waals surface area contributed by atoms with Gasteiger partial charge in [-0.25, -0.2) is 4.98 Å². The second kappa shape index (κ2) is 7.69. The maximum absolute atomic E-state index is 12.2. The number of furan rings is 1. The zero-order chi connectivity index (χ0) is 18.5. The van der Waals surface area contributed by atoms with E-state index in [1.165, 1.54) is 12.3 Å². The lowest BCUT2D eigenvalue weighted by molar-refractivity contribution is 0.0949.